The Labute approximate surface area is 127 Å². The van der Waals surface area contributed by atoms with Crippen LogP contribution in [0.25, 0.3) is 0 Å². The Balaban J connectivity index is 2.26. The lowest BCUT2D eigenvalue weighted by Gasteiger charge is -2.20. The van der Waals surface area contributed by atoms with E-state index >= 15 is 0 Å². The van der Waals surface area contributed by atoms with E-state index in [4.69, 9.17) is 4.74 Å². The number of nitrogens with one attached hydrogen (secondary N) is 1. The third kappa shape index (κ3) is 3.51. The van der Waals surface area contributed by atoms with Crippen LogP contribution in [0.5, 0.6) is 5.75 Å². The van der Waals surface area contributed by atoms with Gasteiger partial charge in [0, 0.05) is 10.5 Å². The largest absolute Gasteiger partial charge is 0.497 e. The molecular weight excluding hydrogens is 321 g/mol. The Hall–Kier alpha value is -1.55. The van der Waals surface area contributed by atoms with Gasteiger partial charge in [0.1, 0.15) is 11.6 Å². The van der Waals surface area contributed by atoms with Crippen molar-refractivity contribution in [2.45, 2.75) is 19.4 Å². The number of anilines is 1. The zero-order valence-corrected chi connectivity index (χ0v) is 13.1. The van der Waals surface area contributed by atoms with Crippen molar-refractivity contribution >= 4 is 21.6 Å². The maximum Gasteiger partial charge on any atom is 0.146 e. The van der Waals surface area contributed by atoms with Crippen molar-refractivity contribution in [1.82, 2.24) is 0 Å². The van der Waals surface area contributed by atoms with Gasteiger partial charge in [-0.2, -0.15) is 0 Å². The Kier molecular flexibility index (Phi) is 5.01. The van der Waals surface area contributed by atoms with Gasteiger partial charge in [-0.15, -0.1) is 0 Å². The number of hydrogen-bond donors (Lipinski definition) is 1. The van der Waals surface area contributed by atoms with Crippen LogP contribution in [-0.2, 0) is 0 Å². The van der Waals surface area contributed by atoms with E-state index in [1.807, 2.05) is 24.3 Å². The molecule has 1 unspecified atom stereocenters. The fourth-order valence-corrected chi connectivity index (χ4v) is 2.49. The molecule has 1 N–H and O–H groups in total. The molecule has 20 heavy (non-hydrogen) atoms. The maximum atomic E-state index is 13.9. The molecule has 0 aliphatic heterocycles. The van der Waals surface area contributed by atoms with E-state index in [0.29, 0.717) is 11.4 Å². The fourth-order valence-electron chi connectivity index (χ4n) is 2.07. The van der Waals surface area contributed by atoms with Crippen LogP contribution in [0.2, 0.25) is 0 Å². The van der Waals surface area contributed by atoms with Crippen LogP contribution in [0.3, 0.4) is 0 Å². The molecular formula is C16H17BrFNO. The Morgan fingerprint density at radius 2 is 2.05 bits per heavy atom. The molecule has 2 rings (SSSR count). The van der Waals surface area contributed by atoms with Crippen LogP contribution in [0.4, 0.5) is 10.1 Å². The molecule has 0 aromatic heterocycles. The highest BCUT2D eigenvalue weighted by molar-refractivity contribution is 9.10. The van der Waals surface area contributed by atoms with Crippen molar-refractivity contribution < 1.29 is 9.13 Å². The highest BCUT2D eigenvalue weighted by atomic mass is 79.9. The molecule has 0 amide bonds. The van der Waals surface area contributed by atoms with Gasteiger partial charge in [0.2, 0.25) is 0 Å². The molecule has 0 bridgehead atoms. The molecule has 1 atom stereocenters. The van der Waals surface area contributed by atoms with Crippen molar-refractivity contribution in [3.05, 3.63) is 58.3 Å². The summed E-state index contributed by atoms with van der Waals surface area (Å²) in [5.74, 6) is 0.359. The van der Waals surface area contributed by atoms with Crippen LogP contribution in [0.1, 0.15) is 24.9 Å². The first-order valence-corrected chi connectivity index (χ1v) is 7.29. The van der Waals surface area contributed by atoms with Gasteiger partial charge in [-0.1, -0.05) is 35.0 Å². The van der Waals surface area contributed by atoms with Gasteiger partial charge < -0.3 is 10.1 Å². The second-order valence-electron chi connectivity index (χ2n) is 4.51. The minimum atomic E-state index is -0.278. The average molecular weight is 338 g/mol. The van der Waals surface area contributed by atoms with Crippen molar-refractivity contribution in [3.63, 3.8) is 0 Å². The van der Waals surface area contributed by atoms with Gasteiger partial charge in [-0.3, -0.25) is 0 Å². The maximum absolute atomic E-state index is 13.9. The minimum Gasteiger partial charge on any atom is -0.497 e. The quantitative estimate of drug-likeness (QED) is 0.813. The highest BCUT2D eigenvalue weighted by Crippen LogP contribution is 2.28. The number of methoxy groups -OCH3 is 1. The van der Waals surface area contributed by atoms with Crippen LogP contribution >= 0.6 is 15.9 Å². The summed E-state index contributed by atoms with van der Waals surface area (Å²) in [6.07, 6.45) is 0.854. The molecule has 0 fully saturated rings. The summed E-state index contributed by atoms with van der Waals surface area (Å²) < 4.78 is 20.0. The van der Waals surface area contributed by atoms with Gasteiger partial charge in [0.15, 0.2) is 0 Å². The fraction of sp³-hybridized carbons (Fsp3) is 0.250. The second kappa shape index (κ2) is 6.75. The molecule has 0 heterocycles. The summed E-state index contributed by atoms with van der Waals surface area (Å²) >= 11 is 3.46. The third-order valence-electron chi connectivity index (χ3n) is 3.16. The Morgan fingerprint density at radius 3 is 2.70 bits per heavy atom. The summed E-state index contributed by atoms with van der Waals surface area (Å²) in [5.41, 5.74) is 1.57. The first-order valence-electron chi connectivity index (χ1n) is 6.49. The molecule has 0 aliphatic carbocycles. The first kappa shape index (κ1) is 14.9. The van der Waals surface area contributed by atoms with Crippen LogP contribution in [0.15, 0.2) is 46.9 Å². The van der Waals surface area contributed by atoms with Crippen LogP contribution < -0.4 is 10.1 Å². The lowest BCUT2D eigenvalue weighted by molar-refractivity contribution is 0.414. The predicted molar refractivity (Wildman–Crippen MR) is 83.7 cm³/mol. The lowest BCUT2D eigenvalue weighted by Crippen LogP contribution is -2.11. The molecule has 4 heteroatoms. The summed E-state index contributed by atoms with van der Waals surface area (Å²) in [7, 11) is 1.57. The molecule has 106 valence electrons. The van der Waals surface area contributed by atoms with E-state index in [1.165, 1.54) is 6.07 Å². The van der Waals surface area contributed by atoms with Gasteiger partial charge in [0.05, 0.1) is 18.8 Å². The second-order valence-corrected chi connectivity index (χ2v) is 5.42. The van der Waals surface area contributed by atoms with Gasteiger partial charge in [-0.25, -0.2) is 4.39 Å². The molecule has 0 radical (unpaired) electrons. The molecule has 0 aliphatic rings. The monoisotopic (exact) mass is 337 g/mol. The lowest BCUT2D eigenvalue weighted by atomic mass is 10.0. The molecule has 0 saturated carbocycles. The highest BCUT2D eigenvalue weighted by Gasteiger charge is 2.12. The van der Waals surface area contributed by atoms with Crippen LogP contribution in [-0.4, -0.2) is 7.11 Å². The molecule has 2 aromatic rings. The zero-order chi connectivity index (χ0) is 14.5. The SMILES string of the molecule is CCC(Nc1cc(OC)ccc1F)c1cccc(Br)c1. The van der Waals surface area contributed by atoms with Gasteiger partial charge in [0.25, 0.3) is 0 Å². The standard InChI is InChI=1S/C16H17BrFNO/c1-3-15(11-5-4-6-12(17)9-11)19-16-10-13(20-2)7-8-14(16)18/h4-10,15,19H,3H2,1-2H3. The molecule has 0 spiro atoms. The topological polar surface area (TPSA) is 21.3 Å². The van der Waals surface area contributed by atoms with Crippen LogP contribution in [0, 0.1) is 5.82 Å². The van der Waals surface area contributed by atoms with E-state index in [9.17, 15) is 4.39 Å². The first-order chi connectivity index (χ1) is 9.63. The Bertz CT molecular complexity index is 588. The third-order valence-corrected chi connectivity index (χ3v) is 3.66. The summed E-state index contributed by atoms with van der Waals surface area (Å²) in [5, 5.41) is 3.24. The van der Waals surface area contributed by atoms with E-state index < -0.39 is 0 Å². The number of halogens is 2. The van der Waals surface area contributed by atoms with Crippen molar-refractivity contribution in [1.29, 1.82) is 0 Å². The average Bonchev–Trinajstić information content (AvgIpc) is 2.46. The number of hydrogen-bond acceptors (Lipinski definition) is 2. The normalized spacial score (nSPS) is 12.0. The Morgan fingerprint density at radius 1 is 1.25 bits per heavy atom. The predicted octanol–water partition coefficient (Wildman–Crippen LogP) is 5.16. The van der Waals surface area contributed by atoms with E-state index in [0.717, 1.165) is 16.5 Å². The zero-order valence-electron chi connectivity index (χ0n) is 11.5. The molecule has 2 aromatic carbocycles. The van der Waals surface area contributed by atoms with Crippen molar-refractivity contribution in [2.75, 3.05) is 12.4 Å². The van der Waals surface area contributed by atoms with E-state index in [1.54, 1.807) is 19.2 Å². The van der Waals surface area contributed by atoms with E-state index in [2.05, 4.69) is 28.2 Å². The minimum absolute atomic E-state index is 0.0501. The van der Waals surface area contributed by atoms with Crippen molar-refractivity contribution in [2.24, 2.45) is 0 Å². The van der Waals surface area contributed by atoms with Crippen molar-refractivity contribution in [3.8, 4) is 5.75 Å². The summed E-state index contributed by atoms with van der Waals surface area (Å²) in [6, 6.07) is 12.8. The summed E-state index contributed by atoms with van der Waals surface area (Å²) in [4.78, 5) is 0. The number of rotatable bonds is 5. The van der Waals surface area contributed by atoms with Gasteiger partial charge in [-0.05, 0) is 36.2 Å². The van der Waals surface area contributed by atoms with Gasteiger partial charge >= 0.3 is 0 Å². The number of benzene rings is 2. The summed E-state index contributed by atoms with van der Waals surface area (Å²) in [6.45, 7) is 2.07. The number of ether oxygens (including phenoxy) is 1. The molecule has 0 saturated heterocycles. The van der Waals surface area contributed by atoms with E-state index in [-0.39, 0.29) is 11.9 Å². The smallest absolute Gasteiger partial charge is 0.146 e. The molecule has 2 nitrogen and oxygen atoms in total.